The van der Waals surface area contributed by atoms with Gasteiger partial charge in [0, 0.05) is 33.1 Å². The summed E-state index contributed by atoms with van der Waals surface area (Å²) < 4.78 is 106. The molecular weight excluding hydrogens is 679 g/mol. The summed E-state index contributed by atoms with van der Waals surface area (Å²) in [6.45, 7) is 0. The zero-order valence-electron chi connectivity index (χ0n) is 40.7. The molecule has 0 unspecified atom stereocenters. The second kappa shape index (κ2) is 13.2. The Balaban J connectivity index is 1.16. The standard InChI is InChI=1S/C54H35NO/c1-4-16-44-36(11-1)14-9-20-46(44)39-23-29-42(30-24-39)55(43-31-25-40(26-32-43)47-21-10-15-37-12-2-5-17-45(37)47)52-22-8-7-18-48(52)41-28-34-53-51(35-41)50-33-27-38-13-3-6-19-49(38)54(50)56-53/h1-35H/i1D,4D,9D,11D,14D,16D,20D,23D,24D,29D,30D. The van der Waals surface area contributed by atoms with Crippen LogP contribution in [0.25, 0.3) is 87.6 Å². The van der Waals surface area contributed by atoms with Crippen molar-refractivity contribution in [1.82, 2.24) is 0 Å². The molecule has 0 radical (unpaired) electrons. The molecule has 0 aliphatic rings. The number of rotatable bonds is 6. The normalized spacial score (nSPS) is 14.3. The molecule has 0 saturated heterocycles. The lowest BCUT2D eigenvalue weighted by Crippen LogP contribution is -2.11. The molecule has 2 nitrogen and oxygen atoms in total. The van der Waals surface area contributed by atoms with Crippen LogP contribution in [0.1, 0.15) is 15.1 Å². The van der Waals surface area contributed by atoms with E-state index in [2.05, 4.69) is 24.3 Å². The number of hydrogen-bond donors (Lipinski definition) is 0. The third-order valence-electron chi connectivity index (χ3n) is 10.4. The predicted molar refractivity (Wildman–Crippen MR) is 237 cm³/mol. The first-order valence-corrected chi connectivity index (χ1v) is 18.3. The Morgan fingerprint density at radius 2 is 1.07 bits per heavy atom. The fourth-order valence-corrected chi connectivity index (χ4v) is 7.78. The van der Waals surface area contributed by atoms with Gasteiger partial charge < -0.3 is 9.32 Å². The van der Waals surface area contributed by atoms with Gasteiger partial charge in [0.1, 0.15) is 11.2 Å². The van der Waals surface area contributed by atoms with Gasteiger partial charge in [-0.25, -0.2) is 0 Å². The highest BCUT2D eigenvalue weighted by Gasteiger charge is 2.19. The minimum Gasteiger partial charge on any atom is -0.455 e. The zero-order valence-corrected chi connectivity index (χ0v) is 29.7. The first-order chi connectivity index (χ1) is 32.3. The van der Waals surface area contributed by atoms with Crippen LogP contribution < -0.4 is 4.90 Å². The molecule has 0 N–H and O–H groups in total. The van der Waals surface area contributed by atoms with Crippen LogP contribution in [-0.2, 0) is 0 Å². The van der Waals surface area contributed by atoms with Crippen LogP contribution >= 0.6 is 0 Å². The maximum absolute atomic E-state index is 9.74. The van der Waals surface area contributed by atoms with E-state index in [9.17, 15) is 5.48 Å². The summed E-state index contributed by atoms with van der Waals surface area (Å²) in [5.74, 6) is 0. The lowest BCUT2D eigenvalue weighted by molar-refractivity contribution is 0.672. The SMILES string of the molecule is [2H]c1c([2H])c(N(c2ccc(-c3cccc4ccccc34)cc2)c2ccccc2-c2ccc3oc4c5ccccc5ccc4c3c2)c([2H])c([2H])c1-c1c([2H])c([2H])c([2H])c2c([2H])c([2H])c([2H])c([2H])c12. The highest BCUT2D eigenvalue weighted by atomic mass is 16.3. The van der Waals surface area contributed by atoms with Crippen molar-refractivity contribution >= 4 is 71.3 Å². The Hall–Kier alpha value is -7.42. The lowest BCUT2D eigenvalue weighted by atomic mass is 9.96. The quantitative estimate of drug-likeness (QED) is 0.170. The molecule has 11 aromatic rings. The Bertz CT molecular complexity index is 3860. The monoisotopic (exact) mass is 724 g/mol. The zero-order chi connectivity index (χ0) is 46.6. The smallest absolute Gasteiger partial charge is 0.143 e. The van der Waals surface area contributed by atoms with Gasteiger partial charge in [-0.15, -0.1) is 0 Å². The van der Waals surface area contributed by atoms with Crippen molar-refractivity contribution in [2.24, 2.45) is 0 Å². The molecule has 1 heterocycles. The summed E-state index contributed by atoms with van der Waals surface area (Å²) in [6.07, 6.45) is 0. The molecule has 0 aliphatic carbocycles. The molecule has 0 bridgehead atoms. The first-order valence-electron chi connectivity index (χ1n) is 23.8. The van der Waals surface area contributed by atoms with Crippen LogP contribution in [0.5, 0.6) is 0 Å². The summed E-state index contributed by atoms with van der Waals surface area (Å²) in [5, 5.41) is 5.33. The summed E-state index contributed by atoms with van der Waals surface area (Å²) in [6, 6.07) is 40.8. The summed E-state index contributed by atoms with van der Waals surface area (Å²) in [5.41, 5.74) is 5.00. The molecule has 0 saturated carbocycles. The lowest BCUT2D eigenvalue weighted by Gasteiger charge is -2.28. The molecule has 11 rings (SSSR count). The van der Waals surface area contributed by atoms with E-state index in [-0.39, 0.29) is 22.0 Å². The van der Waals surface area contributed by atoms with Crippen LogP contribution in [0.4, 0.5) is 17.1 Å². The van der Waals surface area contributed by atoms with Gasteiger partial charge in [-0.2, -0.15) is 0 Å². The van der Waals surface area contributed by atoms with Crippen molar-refractivity contribution in [2.45, 2.75) is 0 Å². The molecule has 1 aromatic heterocycles. The molecule has 0 fully saturated rings. The average molecular weight is 725 g/mol. The predicted octanol–water partition coefficient (Wildman–Crippen LogP) is 15.5. The van der Waals surface area contributed by atoms with E-state index in [0.717, 1.165) is 54.6 Å². The number of furan rings is 1. The Kier molecular flexibility index (Phi) is 5.34. The largest absolute Gasteiger partial charge is 0.455 e. The van der Waals surface area contributed by atoms with Gasteiger partial charge in [-0.05, 0) is 103 Å². The number of hydrogen-bond acceptors (Lipinski definition) is 2. The van der Waals surface area contributed by atoms with E-state index in [0.29, 0.717) is 22.5 Å². The number of benzene rings is 10. The molecule has 262 valence electrons. The van der Waals surface area contributed by atoms with Crippen molar-refractivity contribution in [2.75, 3.05) is 4.90 Å². The van der Waals surface area contributed by atoms with Gasteiger partial charge in [-0.1, -0.05) is 164 Å². The van der Waals surface area contributed by atoms with Crippen LogP contribution in [0, 0.1) is 0 Å². The Morgan fingerprint density at radius 1 is 0.375 bits per heavy atom. The molecule has 0 atom stereocenters. The minimum atomic E-state index is -0.675. The number of anilines is 3. The van der Waals surface area contributed by atoms with Gasteiger partial charge in [0.05, 0.1) is 20.8 Å². The van der Waals surface area contributed by atoms with Crippen LogP contribution in [0.15, 0.2) is 216 Å². The highest BCUT2D eigenvalue weighted by Crippen LogP contribution is 2.44. The van der Waals surface area contributed by atoms with E-state index in [4.69, 9.17) is 14.0 Å². The number of para-hydroxylation sites is 1. The second-order valence-corrected chi connectivity index (χ2v) is 13.6. The van der Waals surface area contributed by atoms with Crippen LogP contribution in [0.2, 0.25) is 0 Å². The van der Waals surface area contributed by atoms with Gasteiger partial charge in [0.25, 0.3) is 0 Å². The van der Waals surface area contributed by atoms with Crippen LogP contribution in [0.3, 0.4) is 0 Å². The van der Waals surface area contributed by atoms with Crippen molar-refractivity contribution in [3.63, 3.8) is 0 Å². The minimum absolute atomic E-state index is 0.119. The molecule has 0 aliphatic heterocycles. The van der Waals surface area contributed by atoms with Crippen molar-refractivity contribution in [1.29, 1.82) is 0 Å². The highest BCUT2D eigenvalue weighted by molar-refractivity contribution is 6.15. The Morgan fingerprint density at radius 3 is 1.95 bits per heavy atom. The fraction of sp³-hybridized carbons (Fsp3) is 0. The molecule has 0 amide bonds. The third kappa shape index (κ3) is 5.34. The summed E-state index contributed by atoms with van der Waals surface area (Å²) in [4.78, 5) is 1.69. The van der Waals surface area contributed by atoms with Crippen molar-refractivity contribution in [3.05, 3.63) is 212 Å². The molecule has 0 spiro atoms. The van der Waals surface area contributed by atoms with Crippen LogP contribution in [-0.4, -0.2) is 0 Å². The van der Waals surface area contributed by atoms with Crippen molar-refractivity contribution in [3.8, 4) is 33.4 Å². The number of nitrogens with zero attached hydrogens (tertiary/aromatic N) is 1. The average Bonchev–Trinajstić information content (AvgIpc) is 3.74. The fourth-order valence-electron chi connectivity index (χ4n) is 7.78. The first kappa shape index (κ1) is 22.7. The molecule has 10 aromatic carbocycles. The third-order valence-corrected chi connectivity index (χ3v) is 10.4. The molecule has 2 heteroatoms. The number of fused-ring (bicyclic) bond motifs is 7. The summed E-state index contributed by atoms with van der Waals surface area (Å²) >= 11 is 0. The maximum Gasteiger partial charge on any atom is 0.143 e. The van der Waals surface area contributed by atoms with Gasteiger partial charge in [-0.3, -0.25) is 0 Å². The summed E-state index contributed by atoms with van der Waals surface area (Å²) in [7, 11) is 0. The Labute approximate surface area is 340 Å². The van der Waals surface area contributed by atoms with Gasteiger partial charge in [0.15, 0.2) is 0 Å². The molecule has 56 heavy (non-hydrogen) atoms. The van der Waals surface area contributed by atoms with E-state index in [1.54, 1.807) is 4.90 Å². The van der Waals surface area contributed by atoms with E-state index < -0.39 is 72.0 Å². The van der Waals surface area contributed by atoms with E-state index in [1.165, 1.54) is 0 Å². The molecular formula is C54H35NO. The second-order valence-electron chi connectivity index (χ2n) is 13.6. The van der Waals surface area contributed by atoms with E-state index in [1.807, 2.05) is 121 Å². The topological polar surface area (TPSA) is 16.4 Å². The van der Waals surface area contributed by atoms with Crippen molar-refractivity contribution < 1.29 is 19.5 Å². The maximum atomic E-state index is 9.74. The van der Waals surface area contributed by atoms with Gasteiger partial charge in [0.2, 0.25) is 0 Å². The van der Waals surface area contributed by atoms with E-state index >= 15 is 0 Å². The van der Waals surface area contributed by atoms with Gasteiger partial charge >= 0.3 is 0 Å².